The molecule has 21 heavy (non-hydrogen) atoms. The molecule has 1 aromatic rings. The van der Waals surface area contributed by atoms with Crippen LogP contribution in [0.1, 0.15) is 41.5 Å². The van der Waals surface area contributed by atoms with Gasteiger partial charge in [-0.05, 0) is 65.9 Å². The summed E-state index contributed by atoms with van der Waals surface area (Å²) in [5, 5.41) is 4.60. The van der Waals surface area contributed by atoms with E-state index in [1.807, 2.05) is 18.2 Å². The highest BCUT2D eigenvalue weighted by Crippen LogP contribution is 2.71. The first-order valence-corrected chi connectivity index (χ1v) is 10.4. The Morgan fingerprint density at radius 3 is 1.67 bits per heavy atom. The summed E-state index contributed by atoms with van der Waals surface area (Å²) in [5.41, 5.74) is 2.31. The molecule has 0 spiro atoms. The molecule has 5 heteroatoms. The summed E-state index contributed by atoms with van der Waals surface area (Å²) in [6, 6.07) is 5.51. The van der Waals surface area contributed by atoms with Crippen LogP contribution in [0.2, 0.25) is 10.0 Å². The number of anilines is 1. The van der Waals surface area contributed by atoms with Crippen LogP contribution in [0.25, 0.3) is 0 Å². The van der Waals surface area contributed by atoms with Gasteiger partial charge in [-0.1, -0.05) is 29.3 Å². The summed E-state index contributed by atoms with van der Waals surface area (Å²) in [7, 11) is -1.51. The van der Waals surface area contributed by atoms with Crippen LogP contribution in [-0.4, -0.2) is 21.7 Å². The maximum absolute atomic E-state index is 6.27. The Bertz CT molecular complexity index is 473. The second-order valence-electron chi connectivity index (χ2n) is 6.14. The van der Waals surface area contributed by atoms with Crippen molar-refractivity contribution in [2.24, 2.45) is 0 Å². The molecule has 1 aromatic carbocycles. The molecule has 0 aliphatic heterocycles. The Morgan fingerprint density at radius 1 is 0.952 bits per heavy atom. The summed E-state index contributed by atoms with van der Waals surface area (Å²) in [4.78, 5) is 0. The Balaban J connectivity index is 3.25. The van der Waals surface area contributed by atoms with Gasteiger partial charge >= 0.3 is 0 Å². The molecule has 1 rings (SSSR count). The van der Waals surface area contributed by atoms with Crippen molar-refractivity contribution in [1.29, 1.82) is 0 Å². The van der Waals surface area contributed by atoms with E-state index in [0.717, 1.165) is 10.4 Å². The number of hydrogen-bond acceptors (Lipinski definition) is 1. The van der Waals surface area contributed by atoms with Crippen LogP contribution in [0.15, 0.2) is 18.2 Å². The number of para-hydroxylation sites is 1. The molecule has 0 unspecified atom stereocenters. The Kier molecular flexibility index (Phi) is 6.93. The third kappa shape index (κ3) is 3.72. The van der Waals surface area contributed by atoms with Gasteiger partial charge in [0.25, 0.3) is 0 Å². The first kappa shape index (κ1) is 19.2. The molecular formula is C16H25Cl2NPS+. The van der Waals surface area contributed by atoms with E-state index in [4.69, 9.17) is 35.4 Å². The SMILES string of the molecule is CC(C)[P+](C(=S)Nc1c(Cl)cccc1Cl)(C(C)C)C(C)C. The molecular weight excluding hydrogens is 340 g/mol. The zero-order valence-corrected chi connectivity index (χ0v) is 16.8. The Hall–Kier alpha value is 0.120. The van der Waals surface area contributed by atoms with Crippen molar-refractivity contribution in [1.82, 2.24) is 0 Å². The molecule has 0 aliphatic rings. The molecule has 0 bridgehead atoms. The molecule has 0 saturated carbocycles. The van der Waals surface area contributed by atoms with Crippen LogP contribution in [0.5, 0.6) is 0 Å². The minimum absolute atomic E-state index is 0.527. The lowest BCUT2D eigenvalue weighted by Gasteiger charge is -2.38. The molecule has 0 saturated heterocycles. The number of nitrogens with one attached hydrogen (secondary N) is 1. The average molecular weight is 365 g/mol. The predicted molar refractivity (Wildman–Crippen MR) is 105 cm³/mol. The first-order chi connectivity index (χ1) is 9.65. The quantitative estimate of drug-likeness (QED) is 0.448. The van der Waals surface area contributed by atoms with E-state index in [2.05, 4.69) is 46.9 Å². The Morgan fingerprint density at radius 2 is 1.33 bits per heavy atom. The largest absolute Gasteiger partial charge is 0.315 e. The molecule has 1 N–H and O–H groups in total. The van der Waals surface area contributed by atoms with Crippen molar-refractivity contribution in [3.05, 3.63) is 28.2 Å². The maximum Gasteiger partial charge on any atom is 0.226 e. The number of benzene rings is 1. The van der Waals surface area contributed by atoms with Crippen molar-refractivity contribution in [2.45, 2.75) is 58.5 Å². The molecule has 0 aliphatic carbocycles. The van der Waals surface area contributed by atoms with Crippen molar-refractivity contribution >= 4 is 53.1 Å². The lowest BCUT2D eigenvalue weighted by molar-refractivity contribution is 0.933. The van der Waals surface area contributed by atoms with E-state index < -0.39 is 7.26 Å². The van der Waals surface area contributed by atoms with Gasteiger partial charge in [-0.25, -0.2) is 0 Å². The van der Waals surface area contributed by atoms with Gasteiger partial charge in [0, 0.05) is 0 Å². The number of halogens is 2. The van der Waals surface area contributed by atoms with E-state index in [0.29, 0.717) is 27.0 Å². The number of rotatable bonds is 5. The van der Waals surface area contributed by atoms with Crippen LogP contribution in [-0.2, 0) is 0 Å². The molecule has 0 atom stereocenters. The van der Waals surface area contributed by atoms with Crippen LogP contribution >= 0.6 is 42.7 Å². The van der Waals surface area contributed by atoms with E-state index >= 15 is 0 Å². The minimum atomic E-state index is -1.51. The maximum atomic E-state index is 6.27. The van der Waals surface area contributed by atoms with Crippen molar-refractivity contribution in [3.8, 4) is 0 Å². The van der Waals surface area contributed by atoms with Crippen molar-refractivity contribution < 1.29 is 0 Å². The monoisotopic (exact) mass is 364 g/mol. The van der Waals surface area contributed by atoms with Gasteiger partial charge in [-0.2, -0.15) is 0 Å². The van der Waals surface area contributed by atoms with Gasteiger partial charge in [0.05, 0.1) is 40.0 Å². The smallest absolute Gasteiger partial charge is 0.226 e. The van der Waals surface area contributed by atoms with Gasteiger partial charge in [-0.3, -0.25) is 0 Å². The fourth-order valence-corrected chi connectivity index (χ4v) is 11.1. The zero-order valence-electron chi connectivity index (χ0n) is 13.6. The normalized spacial score (nSPS) is 12.3. The number of hydrogen-bond donors (Lipinski definition) is 1. The zero-order chi connectivity index (χ0) is 16.4. The molecule has 0 heterocycles. The minimum Gasteiger partial charge on any atom is -0.315 e. The summed E-state index contributed by atoms with van der Waals surface area (Å²) < 4.78 is 0.928. The van der Waals surface area contributed by atoms with Crippen molar-refractivity contribution in [2.75, 3.05) is 5.32 Å². The fraction of sp³-hybridized carbons (Fsp3) is 0.562. The van der Waals surface area contributed by atoms with E-state index in [9.17, 15) is 0 Å². The highest BCUT2D eigenvalue weighted by Gasteiger charge is 2.52. The molecule has 1 nitrogen and oxygen atoms in total. The summed E-state index contributed by atoms with van der Waals surface area (Å²) in [6.45, 7) is 13.6. The van der Waals surface area contributed by atoms with Gasteiger partial charge < -0.3 is 5.32 Å². The molecule has 0 radical (unpaired) electrons. The highest BCUT2D eigenvalue weighted by atomic mass is 35.5. The predicted octanol–water partition coefficient (Wildman–Crippen LogP) is 6.93. The van der Waals surface area contributed by atoms with Crippen LogP contribution in [0.4, 0.5) is 5.69 Å². The molecule has 0 fully saturated rings. The summed E-state index contributed by atoms with van der Waals surface area (Å²) in [5.74, 6) is 0. The lowest BCUT2D eigenvalue weighted by Crippen LogP contribution is -2.32. The van der Waals surface area contributed by atoms with Gasteiger partial charge in [-0.15, -0.1) is 0 Å². The summed E-state index contributed by atoms with van der Waals surface area (Å²) >= 11 is 18.4. The van der Waals surface area contributed by atoms with Crippen LogP contribution in [0.3, 0.4) is 0 Å². The second kappa shape index (κ2) is 7.59. The van der Waals surface area contributed by atoms with E-state index in [1.54, 1.807) is 0 Å². The number of thiocarbonyl (C=S) groups is 1. The Labute approximate surface area is 145 Å². The van der Waals surface area contributed by atoms with Crippen LogP contribution in [0, 0.1) is 0 Å². The fourth-order valence-electron chi connectivity index (χ4n) is 3.31. The molecule has 0 amide bonds. The van der Waals surface area contributed by atoms with Gasteiger partial charge in [0.15, 0.2) is 0 Å². The third-order valence-corrected chi connectivity index (χ3v) is 11.7. The van der Waals surface area contributed by atoms with E-state index in [1.165, 1.54) is 0 Å². The second-order valence-corrected chi connectivity index (χ2v) is 12.9. The van der Waals surface area contributed by atoms with Gasteiger partial charge in [0.2, 0.25) is 4.73 Å². The van der Waals surface area contributed by atoms with Crippen molar-refractivity contribution in [3.63, 3.8) is 0 Å². The molecule has 0 aromatic heterocycles. The standard InChI is InChI=1S/C16H24Cl2NPS/c1-10(2)20(11(3)4,12(5)6)16(21)19-15-13(17)8-7-9-14(15)18/h7-12H,1-6H3/p+1. The van der Waals surface area contributed by atoms with Crippen LogP contribution < -0.4 is 5.32 Å². The summed E-state index contributed by atoms with van der Waals surface area (Å²) in [6.07, 6.45) is 0. The van der Waals surface area contributed by atoms with Gasteiger partial charge in [0.1, 0.15) is 0 Å². The lowest BCUT2D eigenvalue weighted by atomic mass is 10.3. The first-order valence-electron chi connectivity index (χ1n) is 7.29. The third-order valence-electron chi connectivity index (χ3n) is 4.11. The van der Waals surface area contributed by atoms with E-state index in [-0.39, 0.29) is 0 Å². The highest BCUT2D eigenvalue weighted by molar-refractivity contribution is 8.07. The topological polar surface area (TPSA) is 12.0 Å². The molecule has 118 valence electrons. The average Bonchev–Trinajstić information content (AvgIpc) is 2.33.